The fourth-order valence-electron chi connectivity index (χ4n) is 2.31. The third kappa shape index (κ3) is 5.55. The summed E-state index contributed by atoms with van der Waals surface area (Å²) in [6.07, 6.45) is 0. The number of nitrogens with zero attached hydrogens (tertiary/aromatic N) is 2. The Morgan fingerprint density at radius 2 is 1.74 bits per heavy atom. The highest BCUT2D eigenvalue weighted by atomic mass is 32.2. The molecule has 0 aliphatic rings. The Balaban J connectivity index is 2.16. The third-order valence-electron chi connectivity index (χ3n) is 3.89. The van der Waals surface area contributed by atoms with E-state index in [1.165, 1.54) is 14.0 Å². The fourth-order valence-corrected chi connectivity index (χ4v) is 3.38. The van der Waals surface area contributed by atoms with Gasteiger partial charge < -0.3 is 4.74 Å². The van der Waals surface area contributed by atoms with Crippen molar-refractivity contribution in [1.29, 1.82) is 0 Å². The molecule has 0 radical (unpaired) electrons. The Hall–Kier alpha value is -2.87. The van der Waals surface area contributed by atoms with E-state index in [1.807, 2.05) is 30.3 Å². The number of anilines is 1. The first-order valence-electron chi connectivity index (χ1n) is 8.40. The van der Waals surface area contributed by atoms with Crippen LogP contribution in [0.15, 0.2) is 59.7 Å². The molecule has 2 rings (SSSR count). The van der Waals surface area contributed by atoms with Gasteiger partial charge in [0.05, 0.1) is 24.3 Å². The zero-order chi connectivity index (χ0) is 19.9. The van der Waals surface area contributed by atoms with E-state index in [1.54, 1.807) is 31.2 Å². The van der Waals surface area contributed by atoms with Crippen LogP contribution in [0, 0.1) is 0 Å². The number of hydrogen-bond donors (Lipinski definition) is 1. The molecule has 2 aromatic carbocycles. The van der Waals surface area contributed by atoms with Gasteiger partial charge in [0.15, 0.2) is 0 Å². The largest absolute Gasteiger partial charge is 0.497 e. The molecular formula is C19H23N3O4S. The normalized spacial score (nSPS) is 11.7. The summed E-state index contributed by atoms with van der Waals surface area (Å²) in [4.78, 5) is 12.3. The van der Waals surface area contributed by atoms with Crippen molar-refractivity contribution >= 4 is 27.3 Å². The molecule has 0 atom stereocenters. The molecule has 0 aliphatic carbocycles. The van der Waals surface area contributed by atoms with Gasteiger partial charge in [-0.25, -0.2) is 13.8 Å². The summed E-state index contributed by atoms with van der Waals surface area (Å²) in [6.45, 7) is 2.93. The van der Waals surface area contributed by atoms with Gasteiger partial charge in [-0.15, -0.1) is 0 Å². The third-order valence-corrected chi connectivity index (χ3v) is 5.63. The molecule has 0 spiro atoms. The van der Waals surface area contributed by atoms with Crippen molar-refractivity contribution in [1.82, 2.24) is 5.43 Å². The topological polar surface area (TPSA) is 88.1 Å². The molecule has 0 saturated heterocycles. The monoisotopic (exact) mass is 389 g/mol. The van der Waals surface area contributed by atoms with Crippen molar-refractivity contribution in [3.8, 4) is 5.75 Å². The lowest BCUT2D eigenvalue weighted by Crippen LogP contribution is -2.40. The summed E-state index contributed by atoms with van der Waals surface area (Å²) < 4.78 is 31.0. The van der Waals surface area contributed by atoms with Crippen LogP contribution in [0.25, 0.3) is 0 Å². The van der Waals surface area contributed by atoms with Crippen LogP contribution < -0.4 is 14.5 Å². The predicted octanol–water partition coefficient (Wildman–Crippen LogP) is 2.39. The van der Waals surface area contributed by atoms with Crippen molar-refractivity contribution in [3.05, 3.63) is 60.2 Å². The van der Waals surface area contributed by atoms with Crippen LogP contribution >= 0.6 is 0 Å². The molecule has 0 aliphatic heterocycles. The first kappa shape index (κ1) is 20.4. The first-order chi connectivity index (χ1) is 12.9. The Bertz CT molecular complexity index is 894. The van der Waals surface area contributed by atoms with Crippen LogP contribution in [0.4, 0.5) is 5.69 Å². The van der Waals surface area contributed by atoms with E-state index < -0.39 is 15.9 Å². The molecule has 0 bridgehead atoms. The van der Waals surface area contributed by atoms with E-state index in [9.17, 15) is 13.2 Å². The minimum absolute atomic E-state index is 0.126. The fraction of sp³-hybridized carbons (Fsp3) is 0.263. The molecule has 27 heavy (non-hydrogen) atoms. The SMILES string of the molecule is CCS(=O)(=O)N(CC(=O)N/N=C(/C)c1ccccc1)c1ccc(OC)cc1. The molecule has 1 N–H and O–H groups in total. The summed E-state index contributed by atoms with van der Waals surface area (Å²) in [5.41, 5.74) is 4.29. The number of rotatable bonds is 8. The molecule has 8 heteroatoms. The van der Waals surface area contributed by atoms with E-state index in [0.717, 1.165) is 9.87 Å². The maximum absolute atomic E-state index is 12.4. The van der Waals surface area contributed by atoms with Gasteiger partial charge in [0.2, 0.25) is 10.0 Å². The second kappa shape index (κ2) is 9.18. The van der Waals surface area contributed by atoms with Crippen molar-refractivity contribution in [2.75, 3.05) is 23.7 Å². The highest BCUT2D eigenvalue weighted by Crippen LogP contribution is 2.21. The minimum atomic E-state index is -3.64. The van der Waals surface area contributed by atoms with Gasteiger partial charge in [0.1, 0.15) is 12.3 Å². The molecule has 0 aromatic heterocycles. The van der Waals surface area contributed by atoms with Gasteiger partial charge in [0, 0.05) is 0 Å². The van der Waals surface area contributed by atoms with Crippen molar-refractivity contribution in [2.24, 2.45) is 5.10 Å². The van der Waals surface area contributed by atoms with Crippen molar-refractivity contribution in [2.45, 2.75) is 13.8 Å². The average molecular weight is 389 g/mol. The second-order valence-electron chi connectivity index (χ2n) is 5.70. The van der Waals surface area contributed by atoms with Crippen LogP contribution in [0.3, 0.4) is 0 Å². The Morgan fingerprint density at radius 1 is 1.11 bits per heavy atom. The number of nitrogens with one attached hydrogen (secondary N) is 1. The molecule has 0 heterocycles. The summed E-state index contributed by atoms with van der Waals surface area (Å²) in [6, 6.07) is 15.8. The lowest BCUT2D eigenvalue weighted by molar-refractivity contribution is -0.119. The number of carbonyl (C=O) groups is 1. The molecule has 1 amide bonds. The maximum atomic E-state index is 12.4. The molecule has 2 aromatic rings. The predicted molar refractivity (Wildman–Crippen MR) is 107 cm³/mol. The van der Waals surface area contributed by atoms with E-state index in [-0.39, 0.29) is 12.3 Å². The standard InChI is InChI=1S/C19H23N3O4S/c1-4-27(24,25)22(17-10-12-18(26-3)13-11-17)14-19(23)21-20-15(2)16-8-6-5-7-9-16/h5-13H,4,14H2,1-3H3,(H,21,23)/b20-15-. The summed E-state index contributed by atoms with van der Waals surface area (Å²) in [7, 11) is -2.11. The molecule has 7 nitrogen and oxygen atoms in total. The number of sulfonamides is 1. The van der Waals surface area contributed by atoms with Gasteiger partial charge in [0.25, 0.3) is 5.91 Å². The van der Waals surface area contributed by atoms with Crippen LogP contribution in [0.1, 0.15) is 19.4 Å². The zero-order valence-electron chi connectivity index (χ0n) is 15.5. The van der Waals surface area contributed by atoms with Crippen LogP contribution in [-0.4, -0.2) is 39.4 Å². The lowest BCUT2D eigenvalue weighted by Gasteiger charge is -2.23. The van der Waals surface area contributed by atoms with E-state index in [0.29, 0.717) is 17.1 Å². The average Bonchev–Trinajstić information content (AvgIpc) is 2.70. The van der Waals surface area contributed by atoms with Crippen molar-refractivity contribution < 1.29 is 17.9 Å². The molecular weight excluding hydrogens is 366 g/mol. The van der Waals surface area contributed by atoms with E-state index in [2.05, 4.69) is 10.5 Å². The first-order valence-corrected chi connectivity index (χ1v) is 10.0. The quantitative estimate of drug-likeness (QED) is 0.555. The molecule has 0 fully saturated rings. The number of carbonyl (C=O) groups excluding carboxylic acids is 1. The van der Waals surface area contributed by atoms with E-state index >= 15 is 0 Å². The number of hydrogen-bond acceptors (Lipinski definition) is 5. The molecule has 0 saturated carbocycles. The van der Waals surface area contributed by atoms with Crippen molar-refractivity contribution in [3.63, 3.8) is 0 Å². The van der Waals surface area contributed by atoms with Gasteiger partial charge in [-0.05, 0) is 43.7 Å². The lowest BCUT2D eigenvalue weighted by atomic mass is 10.1. The smallest absolute Gasteiger partial charge is 0.260 e. The summed E-state index contributed by atoms with van der Waals surface area (Å²) in [5.74, 6) is -0.0585. The summed E-state index contributed by atoms with van der Waals surface area (Å²) >= 11 is 0. The minimum Gasteiger partial charge on any atom is -0.497 e. The number of amides is 1. The van der Waals surface area contributed by atoms with Crippen LogP contribution in [-0.2, 0) is 14.8 Å². The van der Waals surface area contributed by atoms with Crippen LogP contribution in [0.5, 0.6) is 5.75 Å². The Labute approximate surface area is 159 Å². The highest BCUT2D eigenvalue weighted by molar-refractivity contribution is 7.92. The van der Waals surface area contributed by atoms with Crippen LogP contribution in [0.2, 0.25) is 0 Å². The van der Waals surface area contributed by atoms with E-state index in [4.69, 9.17) is 4.74 Å². The second-order valence-corrected chi connectivity index (χ2v) is 7.89. The zero-order valence-corrected chi connectivity index (χ0v) is 16.4. The number of methoxy groups -OCH3 is 1. The Morgan fingerprint density at radius 3 is 2.30 bits per heavy atom. The molecule has 144 valence electrons. The summed E-state index contributed by atoms with van der Waals surface area (Å²) in [5, 5.41) is 4.05. The number of ether oxygens (including phenoxy) is 1. The van der Waals surface area contributed by atoms with Gasteiger partial charge in [-0.1, -0.05) is 30.3 Å². The van der Waals surface area contributed by atoms with Gasteiger partial charge in [-0.2, -0.15) is 5.10 Å². The highest BCUT2D eigenvalue weighted by Gasteiger charge is 2.23. The Kier molecular flexibility index (Phi) is 6.95. The number of hydrazone groups is 1. The maximum Gasteiger partial charge on any atom is 0.260 e. The molecule has 0 unspecified atom stereocenters. The van der Waals surface area contributed by atoms with Gasteiger partial charge in [-0.3, -0.25) is 9.10 Å². The number of benzene rings is 2. The van der Waals surface area contributed by atoms with Gasteiger partial charge >= 0.3 is 0 Å².